The second-order valence-electron chi connectivity index (χ2n) is 12.3. The topological polar surface area (TPSA) is 73.7 Å². The first kappa shape index (κ1) is 27.6. The quantitative estimate of drug-likeness (QED) is 0.269. The van der Waals surface area contributed by atoms with Crippen LogP contribution in [0.1, 0.15) is 74.5 Å². The molecular weight excluding hydrogens is 498 g/mol. The minimum Gasteiger partial charge on any atom is -0.465 e. The van der Waals surface area contributed by atoms with Crippen LogP contribution in [0.5, 0.6) is 0 Å². The summed E-state index contributed by atoms with van der Waals surface area (Å²) in [6, 6.07) is 20.4. The van der Waals surface area contributed by atoms with Crippen LogP contribution in [0.15, 0.2) is 72.4 Å². The number of ketones is 1. The van der Waals surface area contributed by atoms with Gasteiger partial charge in [-0.25, -0.2) is 4.79 Å². The van der Waals surface area contributed by atoms with Crippen LogP contribution in [-0.4, -0.2) is 51.4 Å². The maximum absolute atomic E-state index is 13.6. The van der Waals surface area contributed by atoms with Gasteiger partial charge in [0.15, 0.2) is 5.78 Å². The molecule has 6 heteroatoms. The van der Waals surface area contributed by atoms with E-state index >= 15 is 0 Å². The number of fused-ring (bicyclic) bond motifs is 1. The predicted octanol–water partition coefficient (Wildman–Crippen LogP) is 7.54. The SMILES string of the molecule is CN(C)C=C1CCCc2nc(-c3ccc(C4(N(C(=O)O)C(C)(C)C)CCC4)cc3)c(-c3ccccc3)cc2C1=O. The number of nitrogens with zero attached hydrogens (tertiary/aromatic N) is 3. The van der Waals surface area contributed by atoms with Gasteiger partial charge in [0.05, 0.1) is 16.9 Å². The van der Waals surface area contributed by atoms with E-state index in [-0.39, 0.29) is 5.78 Å². The maximum atomic E-state index is 13.6. The summed E-state index contributed by atoms with van der Waals surface area (Å²) in [5.41, 5.74) is 6.05. The second-order valence-corrected chi connectivity index (χ2v) is 12.3. The Morgan fingerprint density at radius 1 is 0.925 bits per heavy atom. The van der Waals surface area contributed by atoms with Crippen molar-refractivity contribution in [1.82, 2.24) is 14.8 Å². The zero-order chi connectivity index (χ0) is 28.7. The molecule has 2 aliphatic rings. The molecule has 40 heavy (non-hydrogen) atoms. The van der Waals surface area contributed by atoms with Gasteiger partial charge in [0.2, 0.25) is 0 Å². The van der Waals surface area contributed by atoms with Gasteiger partial charge in [0.25, 0.3) is 0 Å². The molecular formula is C34H39N3O3. The van der Waals surface area contributed by atoms with Crippen LogP contribution in [0.25, 0.3) is 22.4 Å². The molecule has 6 nitrogen and oxygen atoms in total. The van der Waals surface area contributed by atoms with Gasteiger partial charge in [-0.3, -0.25) is 14.7 Å². The molecule has 0 atom stereocenters. The molecule has 1 amide bonds. The molecule has 3 aromatic rings. The maximum Gasteiger partial charge on any atom is 0.408 e. The number of allylic oxidation sites excluding steroid dienone is 1. The highest BCUT2D eigenvalue weighted by Crippen LogP contribution is 2.50. The number of hydrogen-bond acceptors (Lipinski definition) is 4. The first-order valence-electron chi connectivity index (χ1n) is 14.2. The summed E-state index contributed by atoms with van der Waals surface area (Å²) in [5.74, 6) is 0.0515. The predicted molar refractivity (Wildman–Crippen MR) is 159 cm³/mol. The number of amides is 1. The fraction of sp³-hybridized carbons (Fsp3) is 0.382. The molecule has 208 valence electrons. The molecule has 0 unspecified atom stereocenters. The van der Waals surface area contributed by atoms with Crippen LogP contribution in [0.3, 0.4) is 0 Å². The molecule has 5 rings (SSSR count). The van der Waals surface area contributed by atoms with Gasteiger partial charge in [0, 0.05) is 48.1 Å². The molecule has 2 aromatic carbocycles. The molecule has 1 saturated carbocycles. The van der Waals surface area contributed by atoms with Crippen LogP contribution in [-0.2, 0) is 12.0 Å². The number of pyridine rings is 1. The summed E-state index contributed by atoms with van der Waals surface area (Å²) in [7, 11) is 3.88. The van der Waals surface area contributed by atoms with E-state index in [2.05, 4.69) is 36.4 Å². The molecule has 0 aliphatic heterocycles. The van der Waals surface area contributed by atoms with Gasteiger partial charge in [-0.15, -0.1) is 0 Å². The Morgan fingerprint density at radius 3 is 2.15 bits per heavy atom. The van der Waals surface area contributed by atoms with E-state index < -0.39 is 17.2 Å². The first-order chi connectivity index (χ1) is 19.0. The zero-order valence-electron chi connectivity index (χ0n) is 24.2. The highest BCUT2D eigenvalue weighted by Gasteiger charge is 2.50. The Labute approximate surface area is 237 Å². The van der Waals surface area contributed by atoms with Crippen LogP contribution < -0.4 is 0 Å². The number of Topliss-reactive ketones (excluding diaryl/α,β-unsaturated/α-hetero) is 1. The number of hydrogen-bond donors (Lipinski definition) is 1. The lowest BCUT2D eigenvalue weighted by molar-refractivity contribution is -0.0328. The van der Waals surface area contributed by atoms with Crippen molar-refractivity contribution in [3.63, 3.8) is 0 Å². The van der Waals surface area contributed by atoms with Crippen LogP contribution in [0.2, 0.25) is 0 Å². The minimum absolute atomic E-state index is 0.0515. The third kappa shape index (κ3) is 5.03. The number of carbonyl (C=O) groups is 2. The van der Waals surface area contributed by atoms with Gasteiger partial charge in [-0.1, -0.05) is 54.6 Å². The average molecular weight is 538 g/mol. The Balaban J connectivity index is 1.62. The van der Waals surface area contributed by atoms with Crippen molar-refractivity contribution in [2.75, 3.05) is 14.1 Å². The zero-order valence-corrected chi connectivity index (χ0v) is 24.2. The molecule has 1 N–H and O–H groups in total. The Bertz CT molecular complexity index is 1450. The summed E-state index contributed by atoms with van der Waals surface area (Å²) >= 11 is 0. The molecule has 0 radical (unpaired) electrons. The van der Waals surface area contributed by atoms with Gasteiger partial charge in [-0.2, -0.15) is 0 Å². The third-order valence-electron chi connectivity index (χ3n) is 8.16. The highest BCUT2D eigenvalue weighted by molar-refractivity contribution is 6.10. The fourth-order valence-electron chi connectivity index (χ4n) is 6.37. The number of aryl methyl sites for hydroxylation is 1. The normalized spacial score (nSPS) is 17.5. The molecule has 1 fully saturated rings. The van der Waals surface area contributed by atoms with Crippen molar-refractivity contribution in [2.24, 2.45) is 0 Å². The first-order valence-corrected chi connectivity index (χ1v) is 14.2. The van der Waals surface area contributed by atoms with Crippen molar-refractivity contribution in [3.8, 4) is 22.4 Å². The highest BCUT2D eigenvalue weighted by atomic mass is 16.4. The van der Waals surface area contributed by atoms with Crippen molar-refractivity contribution in [1.29, 1.82) is 0 Å². The molecule has 0 saturated heterocycles. The van der Waals surface area contributed by atoms with E-state index in [9.17, 15) is 14.7 Å². The van der Waals surface area contributed by atoms with Crippen LogP contribution >= 0.6 is 0 Å². The fourth-order valence-corrected chi connectivity index (χ4v) is 6.37. The second kappa shape index (κ2) is 10.6. The van der Waals surface area contributed by atoms with Crippen LogP contribution in [0, 0.1) is 0 Å². The van der Waals surface area contributed by atoms with Crippen molar-refractivity contribution in [2.45, 2.75) is 70.4 Å². The van der Waals surface area contributed by atoms with E-state index in [0.717, 1.165) is 77.7 Å². The molecule has 2 aliphatic carbocycles. The van der Waals surface area contributed by atoms with Crippen molar-refractivity contribution < 1.29 is 14.7 Å². The summed E-state index contributed by atoms with van der Waals surface area (Å²) in [6.07, 6.45) is 6.02. The van der Waals surface area contributed by atoms with E-state index in [4.69, 9.17) is 4.98 Å². The summed E-state index contributed by atoms with van der Waals surface area (Å²) in [6.45, 7) is 5.88. The van der Waals surface area contributed by atoms with Gasteiger partial charge >= 0.3 is 6.09 Å². The lowest BCUT2D eigenvalue weighted by atomic mass is 9.69. The van der Waals surface area contributed by atoms with E-state index in [1.807, 2.05) is 70.2 Å². The number of aromatic nitrogens is 1. The molecule has 1 heterocycles. The van der Waals surface area contributed by atoms with Crippen molar-refractivity contribution in [3.05, 3.63) is 89.3 Å². The summed E-state index contributed by atoms with van der Waals surface area (Å²) in [5, 5.41) is 10.2. The average Bonchev–Trinajstić information content (AvgIpc) is 3.03. The summed E-state index contributed by atoms with van der Waals surface area (Å²) in [4.78, 5) is 34.7. The van der Waals surface area contributed by atoms with Crippen molar-refractivity contribution >= 4 is 11.9 Å². The molecule has 1 aromatic heterocycles. The number of rotatable bonds is 5. The largest absolute Gasteiger partial charge is 0.465 e. The van der Waals surface area contributed by atoms with Gasteiger partial charge in [0.1, 0.15) is 0 Å². The minimum atomic E-state index is -0.887. The molecule has 0 spiro atoms. The lowest BCUT2D eigenvalue weighted by Gasteiger charge is -2.54. The Kier molecular flexibility index (Phi) is 7.30. The Morgan fingerprint density at radius 2 is 1.60 bits per heavy atom. The van der Waals surface area contributed by atoms with E-state index in [1.54, 1.807) is 4.90 Å². The van der Waals surface area contributed by atoms with Gasteiger partial charge < -0.3 is 10.0 Å². The summed E-state index contributed by atoms with van der Waals surface area (Å²) < 4.78 is 0. The third-order valence-corrected chi connectivity index (χ3v) is 8.16. The molecule has 0 bridgehead atoms. The van der Waals surface area contributed by atoms with Gasteiger partial charge in [-0.05, 0) is 76.5 Å². The monoisotopic (exact) mass is 537 g/mol. The smallest absolute Gasteiger partial charge is 0.408 e. The number of benzene rings is 2. The standard InChI is InChI=1S/C34H39N3O3/c1-33(2,3)37(32(39)40)34(19-10-20-34)26-17-15-24(16-18-26)30-27(23-11-7-6-8-12-23)21-28-29(35-30)14-9-13-25(31(28)38)22-36(4)5/h6-8,11-12,15-18,21-22H,9-10,13-14,19-20H2,1-5H3,(H,39,40). The number of carboxylic acid groups (broad SMARTS) is 1. The lowest BCUT2D eigenvalue weighted by Crippen LogP contribution is -2.60. The van der Waals surface area contributed by atoms with E-state index in [1.165, 1.54) is 0 Å². The van der Waals surface area contributed by atoms with Crippen LogP contribution in [0.4, 0.5) is 4.79 Å². The van der Waals surface area contributed by atoms with E-state index in [0.29, 0.717) is 5.56 Å². The number of carbonyl (C=O) groups excluding carboxylic acids is 1. The Hall–Kier alpha value is -3.93.